The summed E-state index contributed by atoms with van der Waals surface area (Å²) in [6, 6.07) is 16.9. The zero-order valence-corrected chi connectivity index (χ0v) is 16.7. The Morgan fingerprint density at radius 2 is 1.37 bits per heavy atom. The lowest BCUT2D eigenvalue weighted by Gasteiger charge is -2.31. The molecule has 1 heterocycles. The van der Waals surface area contributed by atoms with E-state index in [1.807, 2.05) is 26.0 Å². The first-order chi connectivity index (χ1) is 14.5. The quantitative estimate of drug-likeness (QED) is 0.592. The Morgan fingerprint density at radius 3 is 1.90 bits per heavy atom. The summed E-state index contributed by atoms with van der Waals surface area (Å²) in [7, 11) is 0. The predicted octanol–water partition coefficient (Wildman–Crippen LogP) is 4.36. The third kappa shape index (κ3) is 3.01. The normalized spacial score (nSPS) is 14.1. The Kier molecular flexibility index (Phi) is 4.99. The molecule has 30 heavy (non-hydrogen) atoms. The minimum absolute atomic E-state index is 0.00549. The van der Waals surface area contributed by atoms with Crippen molar-refractivity contribution in [3.05, 3.63) is 82.9 Å². The molecule has 0 saturated heterocycles. The maximum absolute atomic E-state index is 12.8. The number of phenolic OH excluding ortho intramolecular Hbond substituents is 2. The maximum atomic E-state index is 12.8. The molecule has 0 unspecified atom stereocenters. The Hall–Kier alpha value is -3.67. The summed E-state index contributed by atoms with van der Waals surface area (Å²) in [4.78, 5) is 12.8. The molecule has 0 saturated carbocycles. The number of phenols is 2. The standard InChI is InChI=1S/C24H22O6/c1-3-28-21-13-15(9-11-19(21)25)24(16-10-12-20(26)22(14-16)29-4-2)18-8-6-5-7-17(18)23(27)30-24/h5-14,25-26H,3-4H2,1-2H3. The molecule has 0 amide bonds. The molecule has 0 atom stereocenters. The molecule has 4 rings (SSSR count). The molecule has 154 valence electrons. The second-order valence-electron chi connectivity index (χ2n) is 6.85. The van der Waals surface area contributed by atoms with Crippen LogP contribution in [0.5, 0.6) is 23.0 Å². The summed E-state index contributed by atoms with van der Waals surface area (Å²) in [5.41, 5.74) is 1.04. The van der Waals surface area contributed by atoms with Crippen LogP contribution >= 0.6 is 0 Å². The van der Waals surface area contributed by atoms with E-state index in [9.17, 15) is 15.0 Å². The first-order valence-electron chi connectivity index (χ1n) is 9.76. The van der Waals surface area contributed by atoms with Gasteiger partial charge < -0.3 is 24.4 Å². The van der Waals surface area contributed by atoms with Crippen molar-refractivity contribution >= 4 is 5.97 Å². The lowest BCUT2D eigenvalue weighted by Crippen LogP contribution is -2.29. The van der Waals surface area contributed by atoms with Crippen molar-refractivity contribution in [2.75, 3.05) is 13.2 Å². The lowest BCUT2D eigenvalue weighted by atomic mass is 9.79. The van der Waals surface area contributed by atoms with Crippen LogP contribution in [0.15, 0.2) is 60.7 Å². The van der Waals surface area contributed by atoms with Crippen LogP contribution < -0.4 is 9.47 Å². The van der Waals surface area contributed by atoms with Gasteiger partial charge in [0.1, 0.15) is 0 Å². The Morgan fingerprint density at radius 1 is 0.833 bits per heavy atom. The summed E-state index contributed by atoms with van der Waals surface area (Å²) in [6.07, 6.45) is 0. The van der Waals surface area contributed by atoms with E-state index in [4.69, 9.17) is 14.2 Å². The van der Waals surface area contributed by atoms with Crippen LogP contribution in [0.3, 0.4) is 0 Å². The summed E-state index contributed by atoms with van der Waals surface area (Å²) in [5.74, 6) is 0.114. The van der Waals surface area contributed by atoms with Gasteiger partial charge in [0.05, 0.1) is 18.8 Å². The number of hydrogen-bond donors (Lipinski definition) is 2. The van der Waals surface area contributed by atoms with Crippen molar-refractivity contribution in [3.63, 3.8) is 0 Å². The van der Waals surface area contributed by atoms with Gasteiger partial charge in [-0.1, -0.05) is 30.3 Å². The van der Waals surface area contributed by atoms with Crippen LogP contribution in [0.25, 0.3) is 0 Å². The fourth-order valence-corrected chi connectivity index (χ4v) is 3.82. The van der Waals surface area contributed by atoms with Gasteiger partial charge in [-0.2, -0.15) is 0 Å². The van der Waals surface area contributed by atoms with E-state index in [2.05, 4.69) is 0 Å². The summed E-state index contributed by atoms with van der Waals surface area (Å²) < 4.78 is 17.1. The van der Waals surface area contributed by atoms with E-state index < -0.39 is 11.6 Å². The fraction of sp³-hybridized carbons (Fsp3) is 0.208. The summed E-state index contributed by atoms with van der Waals surface area (Å²) in [5, 5.41) is 20.4. The third-order valence-electron chi connectivity index (χ3n) is 5.10. The summed E-state index contributed by atoms with van der Waals surface area (Å²) in [6.45, 7) is 4.38. The van der Waals surface area contributed by atoms with Crippen molar-refractivity contribution < 1.29 is 29.2 Å². The summed E-state index contributed by atoms with van der Waals surface area (Å²) >= 11 is 0. The van der Waals surface area contributed by atoms with E-state index in [1.54, 1.807) is 36.4 Å². The molecule has 2 N–H and O–H groups in total. The van der Waals surface area contributed by atoms with Gasteiger partial charge >= 0.3 is 5.97 Å². The SMILES string of the molecule is CCOc1cc(C2(c3ccc(O)c(OCC)c3)OC(=O)c3ccccc32)ccc1O. The molecular formula is C24H22O6. The molecule has 3 aromatic rings. The molecular weight excluding hydrogens is 384 g/mol. The van der Waals surface area contributed by atoms with Crippen molar-refractivity contribution in [3.8, 4) is 23.0 Å². The monoisotopic (exact) mass is 406 g/mol. The molecule has 0 fully saturated rings. The minimum Gasteiger partial charge on any atom is -0.504 e. The minimum atomic E-state index is -1.28. The van der Waals surface area contributed by atoms with Gasteiger partial charge in [-0.15, -0.1) is 0 Å². The molecule has 0 aromatic heterocycles. The average Bonchev–Trinajstić information content (AvgIpc) is 3.05. The topological polar surface area (TPSA) is 85.2 Å². The highest BCUT2D eigenvalue weighted by molar-refractivity contribution is 5.96. The van der Waals surface area contributed by atoms with E-state index in [1.165, 1.54) is 12.1 Å². The molecule has 6 nitrogen and oxygen atoms in total. The average molecular weight is 406 g/mol. The largest absolute Gasteiger partial charge is 0.504 e. The molecule has 1 aliphatic heterocycles. The lowest BCUT2D eigenvalue weighted by molar-refractivity contribution is 0.0250. The smallest absolute Gasteiger partial charge is 0.340 e. The molecule has 1 aliphatic rings. The molecule has 0 radical (unpaired) electrons. The van der Waals surface area contributed by atoms with Gasteiger partial charge in [-0.05, 0) is 44.2 Å². The van der Waals surface area contributed by atoms with Crippen LogP contribution in [0, 0.1) is 0 Å². The second-order valence-corrected chi connectivity index (χ2v) is 6.85. The third-order valence-corrected chi connectivity index (χ3v) is 5.10. The number of carbonyl (C=O) groups is 1. The van der Waals surface area contributed by atoms with E-state index in [0.29, 0.717) is 47.0 Å². The number of cyclic esters (lactones) is 1. The van der Waals surface area contributed by atoms with Gasteiger partial charge in [-0.3, -0.25) is 0 Å². The Balaban J connectivity index is 2.01. The van der Waals surface area contributed by atoms with Gasteiger partial charge in [0.25, 0.3) is 0 Å². The number of ether oxygens (including phenoxy) is 3. The highest BCUT2D eigenvalue weighted by Gasteiger charge is 2.49. The van der Waals surface area contributed by atoms with Crippen LogP contribution in [-0.2, 0) is 10.3 Å². The molecule has 0 spiro atoms. The van der Waals surface area contributed by atoms with Gasteiger partial charge in [0, 0.05) is 16.7 Å². The predicted molar refractivity (Wildman–Crippen MR) is 110 cm³/mol. The Labute approximate surface area is 174 Å². The van der Waals surface area contributed by atoms with Gasteiger partial charge in [0.15, 0.2) is 28.6 Å². The maximum Gasteiger partial charge on any atom is 0.340 e. The van der Waals surface area contributed by atoms with Crippen molar-refractivity contribution in [1.29, 1.82) is 0 Å². The van der Waals surface area contributed by atoms with E-state index in [0.717, 1.165) is 0 Å². The van der Waals surface area contributed by atoms with E-state index >= 15 is 0 Å². The van der Waals surface area contributed by atoms with Crippen LogP contribution in [0.1, 0.15) is 40.9 Å². The zero-order valence-electron chi connectivity index (χ0n) is 16.7. The highest BCUT2D eigenvalue weighted by Crippen LogP contribution is 2.49. The first kappa shape index (κ1) is 19.6. The number of rotatable bonds is 6. The van der Waals surface area contributed by atoms with Gasteiger partial charge in [-0.25, -0.2) is 4.79 Å². The highest BCUT2D eigenvalue weighted by atomic mass is 16.6. The Bertz CT molecular complexity index is 1050. The first-order valence-corrected chi connectivity index (χ1v) is 9.76. The number of hydrogen-bond acceptors (Lipinski definition) is 6. The van der Waals surface area contributed by atoms with Crippen molar-refractivity contribution in [2.24, 2.45) is 0 Å². The van der Waals surface area contributed by atoms with Crippen LogP contribution in [-0.4, -0.2) is 29.4 Å². The number of esters is 1. The van der Waals surface area contributed by atoms with E-state index in [-0.39, 0.29) is 11.5 Å². The second kappa shape index (κ2) is 7.63. The molecule has 6 heteroatoms. The number of carbonyl (C=O) groups excluding carboxylic acids is 1. The van der Waals surface area contributed by atoms with Crippen LogP contribution in [0.2, 0.25) is 0 Å². The molecule has 3 aromatic carbocycles. The molecule has 0 bridgehead atoms. The fourth-order valence-electron chi connectivity index (χ4n) is 3.82. The van der Waals surface area contributed by atoms with Crippen molar-refractivity contribution in [1.82, 2.24) is 0 Å². The zero-order chi connectivity index (χ0) is 21.3. The van der Waals surface area contributed by atoms with Crippen LogP contribution in [0.4, 0.5) is 0 Å². The number of benzene rings is 3. The van der Waals surface area contributed by atoms with Crippen molar-refractivity contribution in [2.45, 2.75) is 19.4 Å². The number of aromatic hydroxyl groups is 2. The molecule has 0 aliphatic carbocycles. The van der Waals surface area contributed by atoms with Gasteiger partial charge in [0.2, 0.25) is 0 Å². The number of fused-ring (bicyclic) bond motifs is 1.